The van der Waals surface area contributed by atoms with E-state index in [2.05, 4.69) is 5.32 Å². The Morgan fingerprint density at radius 3 is 2.95 bits per heavy atom. The molecule has 1 N–H and O–H groups in total. The van der Waals surface area contributed by atoms with Crippen molar-refractivity contribution in [2.75, 3.05) is 29.1 Å². The zero-order chi connectivity index (χ0) is 13.8. The van der Waals surface area contributed by atoms with Gasteiger partial charge in [-0.1, -0.05) is 0 Å². The summed E-state index contributed by atoms with van der Waals surface area (Å²) < 4.78 is 13.8. The van der Waals surface area contributed by atoms with Crippen molar-refractivity contribution in [1.82, 2.24) is 0 Å². The molecule has 0 aromatic heterocycles. The number of nitro groups is 1. The third-order valence-electron chi connectivity index (χ3n) is 2.64. The van der Waals surface area contributed by atoms with Gasteiger partial charge in [0.1, 0.15) is 11.5 Å². The molecule has 1 unspecified atom stereocenters. The lowest BCUT2D eigenvalue weighted by molar-refractivity contribution is -0.384. The number of thioether (sulfide) groups is 2. The van der Waals surface area contributed by atoms with Crippen LogP contribution in [0.1, 0.15) is 0 Å². The summed E-state index contributed by atoms with van der Waals surface area (Å²) in [7, 11) is 0. The highest BCUT2D eigenvalue weighted by atomic mass is 127. The minimum atomic E-state index is -0.479. The van der Waals surface area contributed by atoms with Gasteiger partial charge in [0.25, 0.3) is 5.69 Å². The molecule has 0 bridgehead atoms. The summed E-state index contributed by atoms with van der Waals surface area (Å²) in [4.78, 5) is 10.5. The van der Waals surface area contributed by atoms with Gasteiger partial charge in [-0.15, -0.1) is 0 Å². The predicted octanol–water partition coefficient (Wildman–Crippen LogP) is 3.60. The van der Waals surface area contributed by atoms with E-state index in [0.717, 1.165) is 17.3 Å². The SMILES string of the molecule is O=[N+]([O-])c1cc(I)c(F)cc1NCC1CSCCS1. The molecular weight excluding hydrogens is 402 g/mol. The fourth-order valence-corrected chi connectivity index (χ4v) is 4.77. The first-order valence-electron chi connectivity index (χ1n) is 5.64. The van der Waals surface area contributed by atoms with E-state index in [1.54, 1.807) is 22.6 Å². The van der Waals surface area contributed by atoms with Crippen LogP contribution in [0.25, 0.3) is 0 Å². The molecule has 1 aliphatic rings. The minimum Gasteiger partial charge on any atom is -0.378 e. The van der Waals surface area contributed by atoms with E-state index >= 15 is 0 Å². The predicted molar refractivity (Wildman–Crippen MR) is 87.8 cm³/mol. The second-order valence-electron chi connectivity index (χ2n) is 3.99. The van der Waals surface area contributed by atoms with Crippen LogP contribution in [0.3, 0.4) is 0 Å². The fraction of sp³-hybridized carbons (Fsp3) is 0.455. The van der Waals surface area contributed by atoms with E-state index in [1.807, 2.05) is 23.5 Å². The summed E-state index contributed by atoms with van der Waals surface area (Å²) in [5, 5.41) is 14.4. The number of nitrogens with one attached hydrogen (secondary N) is 1. The molecular formula is C11H12FIN2O2S2. The van der Waals surface area contributed by atoms with Crippen LogP contribution in [-0.2, 0) is 0 Å². The first-order valence-corrected chi connectivity index (χ1v) is 8.93. The molecule has 1 aromatic carbocycles. The highest BCUT2D eigenvalue weighted by molar-refractivity contribution is 14.1. The Balaban J connectivity index is 2.09. The molecule has 104 valence electrons. The van der Waals surface area contributed by atoms with E-state index < -0.39 is 10.7 Å². The third-order valence-corrected chi connectivity index (χ3v) is 6.31. The van der Waals surface area contributed by atoms with Crippen molar-refractivity contribution in [1.29, 1.82) is 0 Å². The van der Waals surface area contributed by atoms with Crippen LogP contribution >= 0.6 is 46.1 Å². The van der Waals surface area contributed by atoms with Crippen LogP contribution < -0.4 is 5.32 Å². The molecule has 0 aliphatic carbocycles. The maximum absolute atomic E-state index is 13.5. The van der Waals surface area contributed by atoms with Crippen molar-refractivity contribution in [3.05, 3.63) is 31.6 Å². The van der Waals surface area contributed by atoms with Gasteiger partial charge in [0.2, 0.25) is 0 Å². The van der Waals surface area contributed by atoms with Gasteiger partial charge in [-0.05, 0) is 22.6 Å². The monoisotopic (exact) mass is 414 g/mol. The molecule has 1 fully saturated rings. The van der Waals surface area contributed by atoms with Gasteiger partial charge in [0.15, 0.2) is 0 Å². The van der Waals surface area contributed by atoms with E-state index in [0.29, 0.717) is 11.8 Å². The van der Waals surface area contributed by atoms with Crippen LogP contribution in [0.5, 0.6) is 0 Å². The van der Waals surface area contributed by atoms with Crippen molar-refractivity contribution in [2.45, 2.75) is 5.25 Å². The van der Waals surface area contributed by atoms with Crippen LogP contribution in [0.15, 0.2) is 12.1 Å². The highest BCUT2D eigenvalue weighted by Crippen LogP contribution is 2.30. The van der Waals surface area contributed by atoms with Crippen LogP contribution in [0.2, 0.25) is 0 Å². The van der Waals surface area contributed by atoms with Gasteiger partial charge in [-0.25, -0.2) is 4.39 Å². The first-order chi connectivity index (χ1) is 9.08. The molecule has 8 heteroatoms. The molecule has 1 atom stereocenters. The molecule has 1 saturated heterocycles. The zero-order valence-electron chi connectivity index (χ0n) is 9.90. The summed E-state index contributed by atoms with van der Waals surface area (Å²) in [6.07, 6.45) is 0. The average molecular weight is 414 g/mol. The molecule has 0 amide bonds. The molecule has 4 nitrogen and oxygen atoms in total. The number of benzene rings is 1. The number of anilines is 1. The maximum atomic E-state index is 13.5. The molecule has 2 rings (SSSR count). The highest BCUT2D eigenvalue weighted by Gasteiger charge is 2.19. The average Bonchev–Trinajstić information content (AvgIpc) is 2.40. The lowest BCUT2D eigenvalue weighted by Crippen LogP contribution is -2.23. The Kier molecular flexibility index (Phi) is 5.58. The van der Waals surface area contributed by atoms with E-state index in [9.17, 15) is 14.5 Å². The van der Waals surface area contributed by atoms with Crippen LogP contribution in [-0.4, -0.2) is 34.0 Å². The summed E-state index contributed by atoms with van der Waals surface area (Å²) in [6.45, 7) is 0.624. The molecule has 19 heavy (non-hydrogen) atoms. The topological polar surface area (TPSA) is 55.2 Å². The first kappa shape index (κ1) is 15.2. The normalized spacial score (nSPS) is 19.2. The number of nitrogens with zero attached hydrogens (tertiary/aromatic N) is 1. The molecule has 0 radical (unpaired) electrons. The van der Waals surface area contributed by atoms with E-state index in [1.165, 1.54) is 12.1 Å². The number of nitro benzene ring substituents is 1. The largest absolute Gasteiger partial charge is 0.378 e. The number of rotatable bonds is 4. The summed E-state index contributed by atoms with van der Waals surface area (Å²) >= 11 is 5.50. The summed E-state index contributed by atoms with van der Waals surface area (Å²) in [5.41, 5.74) is 0.193. The summed E-state index contributed by atoms with van der Waals surface area (Å²) in [6, 6.07) is 2.47. The van der Waals surface area contributed by atoms with Crippen molar-refractivity contribution >= 4 is 57.5 Å². The molecule has 1 aromatic rings. The van der Waals surface area contributed by atoms with Gasteiger partial charge < -0.3 is 5.32 Å². The standard InChI is InChI=1S/C11H12FIN2O2S2/c12-8-3-10(11(15(16)17)4-9(8)13)14-5-7-6-18-1-2-19-7/h3-4,7,14H,1-2,5-6H2. The van der Waals surface area contributed by atoms with Gasteiger partial charge >= 0.3 is 0 Å². The Morgan fingerprint density at radius 1 is 1.53 bits per heavy atom. The minimum absolute atomic E-state index is 0.0701. The molecule has 1 aliphatic heterocycles. The quantitative estimate of drug-likeness (QED) is 0.464. The number of hydrogen-bond acceptors (Lipinski definition) is 5. The van der Waals surface area contributed by atoms with Crippen LogP contribution in [0.4, 0.5) is 15.8 Å². The lowest BCUT2D eigenvalue weighted by Gasteiger charge is -2.21. The van der Waals surface area contributed by atoms with Gasteiger partial charge in [-0.3, -0.25) is 10.1 Å². The Bertz CT molecular complexity index is 484. The summed E-state index contributed by atoms with van der Waals surface area (Å²) in [5.74, 6) is 2.84. The Hall–Kier alpha value is -0.220. The van der Waals surface area contributed by atoms with E-state index in [4.69, 9.17) is 0 Å². The number of halogens is 2. The maximum Gasteiger partial charge on any atom is 0.293 e. The van der Waals surface area contributed by atoms with E-state index in [-0.39, 0.29) is 14.9 Å². The van der Waals surface area contributed by atoms with Crippen molar-refractivity contribution in [3.63, 3.8) is 0 Å². The van der Waals surface area contributed by atoms with Gasteiger partial charge in [0, 0.05) is 41.2 Å². The lowest BCUT2D eigenvalue weighted by atomic mass is 10.2. The van der Waals surface area contributed by atoms with Crippen molar-refractivity contribution in [2.24, 2.45) is 0 Å². The van der Waals surface area contributed by atoms with Gasteiger partial charge in [-0.2, -0.15) is 23.5 Å². The van der Waals surface area contributed by atoms with Crippen molar-refractivity contribution < 1.29 is 9.31 Å². The molecule has 0 spiro atoms. The smallest absolute Gasteiger partial charge is 0.293 e. The Morgan fingerprint density at radius 2 is 2.32 bits per heavy atom. The molecule has 0 saturated carbocycles. The van der Waals surface area contributed by atoms with Crippen molar-refractivity contribution in [3.8, 4) is 0 Å². The second kappa shape index (κ2) is 6.98. The zero-order valence-corrected chi connectivity index (χ0v) is 13.7. The third kappa shape index (κ3) is 4.12. The number of hydrogen-bond donors (Lipinski definition) is 1. The Labute approximate surface area is 132 Å². The van der Waals surface area contributed by atoms with Gasteiger partial charge in [0.05, 0.1) is 8.49 Å². The molecule has 1 heterocycles. The van der Waals surface area contributed by atoms with Crippen LogP contribution in [0, 0.1) is 19.5 Å². The second-order valence-corrected chi connectivity index (χ2v) is 7.71. The fourth-order valence-electron chi connectivity index (χ4n) is 1.71.